The molecule has 0 bridgehead atoms. The van der Waals surface area contributed by atoms with Crippen molar-refractivity contribution >= 4 is 45.0 Å². The maximum absolute atomic E-state index is 12.3. The summed E-state index contributed by atoms with van der Waals surface area (Å²) in [5.74, 6) is 1.89. The summed E-state index contributed by atoms with van der Waals surface area (Å²) in [7, 11) is -3.74. The Hall–Kier alpha value is 0.0200. The summed E-state index contributed by atoms with van der Waals surface area (Å²) in [4.78, 5) is -0.0624. The highest BCUT2D eigenvalue weighted by Gasteiger charge is 2.23. The number of aliphatic hydroxyl groups excluding tert-OH is 1. The maximum atomic E-state index is 12.3. The second kappa shape index (κ2) is 8.60. The van der Waals surface area contributed by atoms with E-state index in [2.05, 4.69) is 11.6 Å². The molecule has 0 radical (unpaired) electrons. The van der Waals surface area contributed by atoms with Gasteiger partial charge in [-0.05, 0) is 37.0 Å². The Balaban J connectivity index is 2.93. The van der Waals surface area contributed by atoms with E-state index in [1.807, 2.05) is 6.92 Å². The molecule has 1 atom stereocenters. The average Bonchev–Trinajstić information content (AvgIpc) is 2.38. The van der Waals surface area contributed by atoms with Gasteiger partial charge in [0.05, 0.1) is 11.6 Å². The number of hydrogen-bond acceptors (Lipinski definition) is 4. The number of hydrogen-bond donors (Lipinski definition) is 2. The first-order valence-electron chi connectivity index (χ1n) is 6.51. The Morgan fingerprint density at radius 3 is 2.62 bits per heavy atom. The van der Waals surface area contributed by atoms with Gasteiger partial charge >= 0.3 is 0 Å². The van der Waals surface area contributed by atoms with Crippen LogP contribution in [0.2, 0.25) is 10.0 Å². The minimum atomic E-state index is -3.74. The van der Waals surface area contributed by atoms with Crippen LogP contribution in [0.25, 0.3) is 0 Å². The van der Waals surface area contributed by atoms with E-state index in [1.54, 1.807) is 11.8 Å². The van der Waals surface area contributed by atoms with Crippen molar-refractivity contribution in [2.45, 2.75) is 37.8 Å². The molecule has 0 aromatic heterocycles. The average molecular weight is 372 g/mol. The van der Waals surface area contributed by atoms with Gasteiger partial charge in [-0.1, -0.05) is 30.1 Å². The first-order chi connectivity index (χ1) is 9.83. The van der Waals surface area contributed by atoms with Crippen molar-refractivity contribution in [3.05, 3.63) is 27.7 Å². The van der Waals surface area contributed by atoms with E-state index in [0.717, 1.165) is 17.9 Å². The molecule has 0 aliphatic heterocycles. The minimum Gasteiger partial charge on any atom is -0.392 e. The van der Waals surface area contributed by atoms with Crippen LogP contribution in [-0.4, -0.2) is 31.1 Å². The number of thioether (sulfide) groups is 1. The number of halogens is 2. The fourth-order valence-corrected chi connectivity index (χ4v) is 4.70. The predicted molar refractivity (Wildman–Crippen MR) is 89.8 cm³/mol. The zero-order chi connectivity index (χ0) is 16.0. The predicted octanol–water partition coefficient (Wildman–Crippen LogP) is 3.30. The Labute approximate surface area is 140 Å². The lowest BCUT2D eigenvalue weighted by Gasteiger charge is -2.16. The fourth-order valence-electron chi connectivity index (χ4n) is 1.72. The second-order valence-electron chi connectivity index (χ2n) is 4.50. The van der Waals surface area contributed by atoms with Gasteiger partial charge in [-0.2, -0.15) is 11.8 Å². The van der Waals surface area contributed by atoms with Crippen molar-refractivity contribution in [1.29, 1.82) is 0 Å². The highest BCUT2D eigenvalue weighted by atomic mass is 35.5. The summed E-state index contributed by atoms with van der Waals surface area (Å²) in [6.07, 6.45) is 0.732. The third kappa shape index (κ3) is 5.30. The molecule has 4 nitrogen and oxygen atoms in total. The topological polar surface area (TPSA) is 66.4 Å². The van der Waals surface area contributed by atoms with E-state index in [-0.39, 0.29) is 26.5 Å². The van der Waals surface area contributed by atoms with E-state index in [4.69, 9.17) is 23.2 Å². The standard InChI is InChI=1S/C13H19Cl2NO3S2/c1-3-20-7-6-9(2)16-21(18,19)12-5-4-11(14)10(8-17)13(12)15/h4-5,9,16-17H,3,6-8H2,1-2H3. The lowest BCUT2D eigenvalue weighted by atomic mass is 10.2. The molecule has 1 unspecified atom stereocenters. The van der Waals surface area contributed by atoms with Crippen LogP contribution in [0.3, 0.4) is 0 Å². The first-order valence-corrected chi connectivity index (χ1v) is 9.90. The summed E-state index contributed by atoms with van der Waals surface area (Å²) in [5.41, 5.74) is 0.218. The molecule has 0 heterocycles. The van der Waals surface area contributed by atoms with Crippen LogP contribution in [0.15, 0.2) is 17.0 Å². The Kier molecular flexibility index (Phi) is 7.81. The molecule has 21 heavy (non-hydrogen) atoms. The highest BCUT2D eigenvalue weighted by molar-refractivity contribution is 7.99. The molecule has 0 saturated heterocycles. The van der Waals surface area contributed by atoms with Crippen molar-refractivity contribution < 1.29 is 13.5 Å². The third-order valence-corrected chi connectivity index (χ3v) is 6.32. The molecule has 120 valence electrons. The zero-order valence-corrected chi connectivity index (χ0v) is 15.0. The quantitative estimate of drug-likeness (QED) is 0.688. The number of rotatable bonds is 8. The van der Waals surface area contributed by atoms with Gasteiger partial charge in [-0.3, -0.25) is 0 Å². The number of benzene rings is 1. The van der Waals surface area contributed by atoms with E-state index in [1.165, 1.54) is 12.1 Å². The molecule has 2 N–H and O–H groups in total. The molecular formula is C13H19Cl2NO3S2. The summed E-state index contributed by atoms with van der Waals surface area (Å²) >= 11 is 13.7. The lowest BCUT2D eigenvalue weighted by molar-refractivity contribution is 0.281. The van der Waals surface area contributed by atoms with Crippen LogP contribution >= 0.6 is 35.0 Å². The molecule has 0 fully saturated rings. The molecule has 0 spiro atoms. The van der Waals surface area contributed by atoms with Gasteiger partial charge in [-0.15, -0.1) is 0 Å². The third-order valence-electron chi connectivity index (χ3n) is 2.85. The molecule has 0 aliphatic rings. The first kappa shape index (κ1) is 19.1. The van der Waals surface area contributed by atoms with Gasteiger partial charge in [0.1, 0.15) is 4.90 Å². The summed E-state index contributed by atoms with van der Waals surface area (Å²) < 4.78 is 27.3. The molecule has 0 aliphatic carbocycles. The van der Waals surface area contributed by atoms with Crippen LogP contribution in [0.4, 0.5) is 0 Å². The number of aliphatic hydroxyl groups is 1. The normalized spacial score (nSPS) is 13.4. The molecule has 1 aromatic carbocycles. The minimum absolute atomic E-state index is 0.0346. The molecule has 8 heteroatoms. The van der Waals surface area contributed by atoms with Crippen LogP contribution < -0.4 is 4.72 Å². The van der Waals surface area contributed by atoms with Crippen molar-refractivity contribution in [1.82, 2.24) is 4.72 Å². The van der Waals surface area contributed by atoms with Gasteiger partial charge in [-0.25, -0.2) is 13.1 Å². The smallest absolute Gasteiger partial charge is 0.242 e. The van der Waals surface area contributed by atoms with Crippen molar-refractivity contribution in [2.75, 3.05) is 11.5 Å². The summed E-state index contributed by atoms with van der Waals surface area (Å²) in [6.45, 7) is 3.46. The van der Waals surface area contributed by atoms with Crippen molar-refractivity contribution in [3.8, 4) is 0 Å². The molecule has 1 aromatic rings. The lowest BCUT2D eigenvalue weighted by Crippen LogP contribution is -2.33. The van der Waals surface area contributed by atoms with Crippen LogP contribution in [0.5, 0.6) is 0 Å². The zero-order valence-electron chi connectivity index (χ0n) is 11.9. The summed E-state index contributed by atoms with van der Waals surface area (Å²) in [6, 6.07) is 2.57. The molecule has 0 saturated carbocycles. The van der Waals surface area contributed by atoms with Crippen LogP contribution in [0, 0.1) is 0 Å². The highest BCUT2D eigenvalue weighted by Crippen LogP contribution is 2.31. The Morgan fingerprint density at radius 2 is 2.05 bits per heavy atom. The van der Waals surface area contributed by atoms with Crippen LogP contribution in [-0.2, 0) is 16.6 Å². The maximum Gasteiger partial charge on any atom is 0.242 e. The van der Waals surface area contributed by atoms with E-state index in [0.29, 0.717) is 0 Å². The Bertz CT molecular complexity index is 579. The van der Waals surface area contributed by atoms with Gasteiger partial charge < -0.3 is 5.11 Å². The van der Waals surface area contributed by atoms with Gasteiger partial charge in [0.2, 0.25) is 10.0 Å². The van der Waals surface area contributed by atoms with E-state index >= 15 is 0 Å². The number of nitrogens with one attached hydrogen (secondary N) is 1. The monoisotopic (exact) mass is 371 g/mol. The van der Waals surface area contributed by atoms with Crippen molar-refractivity contribution in [3.63, 3.8) is 0 Å². The number of sulfonamides is 1. The van der Waals surface area contributed by atoms with Crippen LogP contribution in [0.1, 0.15) is 25.8 Å². The second-order valence-corrected chi connectivity index (χ2v) is 8.37. The van der Waals surface area contributed by atoms with Gasteiger partial charge in [0, 0.05) is 16.6 Å². The molecular weight excluding hydrogens is 353 g/mol. The summed E-state index contributed by atoms with van der Waals surface area (Å²) in [5, 5.41) is 9.44. The fraction of sp³-hybridized carbons (Fsp3) is 0.538. The van der Waals surface area contributed by atoms with E-state index < -0.39 is 16.6 Å². The largest absolute Gasteiger partial charge is 0.392 e. The van der Waals surface area contributed by atoms with E-state index in [9.17, 15) is 13.5 Å². The van der Waals surface area contributed by atoms with Gasteiger partial charge in [0.15, 0.2) is 0 Å². The molecule has 0 amide bonds. The molecule has 1 rings (SSSR count). The Morgan fingerprint density at radius 1 is 1.38 bits per heavy atom. The van der Waals surface area contributed by atoms with Crippen molar-refractivity contribution in [2.24, 2.45) is 0 Å². The SMILES string of the molecule is CCSCCC(C)NS(=O)(=O)c1ccc(Cl)c(CO)c1Cl. The van der Waals surface area contributed by atoms with Gasteiger partial charge in [0.25, 0.3) is 0 Å².